The van der Waals surface area contributed by atoms with E-state index in [4.69, 9.17) is 0 Å². The van der Waals surface area contributed by atoms with Gasteiger partial charge in [-0.1, -0.05) is 13.3 Å². The fourth-order valence-electron chi connectivity index (χ4n) is 2.79. The molecule has 1 N–H and O–H groups in total. The summed E-state index contributed by atoms with van der Waals surface area (Å²) in [6.45, 7) is 4.30. The summed E-state index contributed by atoms with van der Waals surface area (Å²) in [6.07, 6.45) is 4.39. The van der Waals surface area contributed by atoms with Crippen LogP contribution in [0.5, 0.6) is 0 Å². The van der Waals surface area contributed by atoms with Crippen molar-refractivity contribution < 1.29 is 5.11 Å². The molecule has 1 nitrogen and oxygen atoms in total. The molecule has 1 aliphatic rings. The van der Waals surface area contributed by atoms with Crippen LogP contribution in [0.15, 0.2) is 11.4 Å². The summed E-state index contributed by atoms with van der Waals surface area (Å²) in [7, 11) is 0. The van der Waals surface area contributed by atoms with Crippen molar-refractivity contribution in [3.05, 3.63) is 21.9 Å². The summed E-state index contributed by atoms with van der Waals surface area (Å²) in [6, 6.07) is 2.11. The molecule has 1 aromatic heterocycles. The molecule has 1 heterocycles. The average molecular weight is 210 g/mol. The molecule has 1 aromatic rings. The summed E-state index contributed by atoms with van der Waals surface area (Å²) in [5.41, 5.74) is 0.672. The van der Waals surface area contributed by atoms with E-state index in [2.05, 4.69) is 25.3 Å². The Morgan fingerprint density at radius 1 is 1.64 bits per heavy atom. The van der Waals surface area contributed by atoms with Gasteiger partial charge in [0.2, 0.25) is 0 Å². The van der Waals surface area contributed by atoms with Crippen molar-refractivity contribution in [2.45, 2.75) is 45.1 Å². The van der Waals surface area contributed by atoms with Crippen LogP contribution in [0.2, 0.25) is 0 Å². The van der Waals surface area contributed by atoms with Gasteiger partial charge in [-0.05, 0) is 49.1 Å². The first kappa shape index (κ1) is 10.2. The molecule has 0 spiro atoms. The zero-order valence-electron chi connectivity index (χ0n) is 8.92. The minimum atomic E-state index is -0.515. The Labute approximate surface area is 89.8 Å². The molecular formula is C12H18OS. The molecule has 0 aliphatic heterocycles. The second-order valence-electron chi connectivity index (χ2n) is 4.31. The molecule has 2 rings (SSSR count). The van der Waals surface area contributed by atoms with Gasteiger partial charge >= 0.3 is 0 Å². The van der Waals surface area contributed by atoms with Crippen LogP contribution >= 0.6 is 11.3 Å². The highest BCUT2D eigenvalue weighted by atomic mass is 32.1. The smallest absolute Gasteiger partial charge is 0.0935 e. The van der Waals surface area contributed by atoms with E-state index in [1.54, 1.807) is 11.3 Å². The first-order valence-electron chi connectivity index (χ1n) is 5.45. The van der Waals surface area contributed by atoms with Crippen LogP contribution in [-0.4, -0.2) is 5.11 Å². The van der Waals surface area contributed by atoms with Crippen molar-refractivity contribution >= 4 is 11.3 Å². The molecule has 0 saturated heterocycles. The molecule has 2 unspecified atom stereocenters. The molecule has 78 valence electrons. The second kappa shape index (κ2) is 3.67. The maximum absolute atomic E-state index is 10.7. The SMILES string of the molecule is CCC1CCCC1(O)c1ccsc1C. The van der Waals surface area contributed by atoms with Crippen molar-refractivity contribution in [1.29, 1.82) is 0 Å². The zero-order valence-corrected chi connectivity index (χ0v) is 9.73. The number of thiophene rings is 1. The summed E-state index contributed by atoms with van der Waals surface area (Å²) < 4.78 is 0. The van der Waals surface area contributed by atoms with Gasteiger partial charge in [0.15, 0.2) is 0 Å². The molecule has 0 aromatic carbocycles. The second-order valence-corrected chi connectivity index (χ2v) is 5.43. The zero-order chi connectivity index (χ0) is 10.2. The molecule has 1 saturated carbocycles. The number of aliphatic hydroxyl groups is 1. The van der Waals surface area contributed by atoms with E-state index in [0.717, 1.165) is 12.8 Å². The van der Waals surface area contributed by atoms with Crippen molar-refractivity contribution in [3.8, 4) is 0 Å². The van der Waals surface area contributed by atoms with Crippen LogP contribution in [0.25, 0.3) is 0 Å². The molecular weight excluding hydrogens is 192 g/mol. The Morgan fingerprint density at radius 2 is 2.43 bits per heavy atom. The molecule has 1 fully saturated rings. The topological polar surface area (TPSA) is 20.2 Å². The van der Waals surface area contributed by atoms with Gasteiger partial charge in [-0.3, -0.25) is 0 Å². The Bertz CT molecular complexity index is 318. The van der Waals surface area contributed by atoms with Crippen LogP contribution < -0.4 is 0 Å². The van der Waals surface area contributed by atoms with Crippen molar-refractivity contribution in [3.63, 3.8) is 0 Å². The van der Waals surface area contributed by atoms with Gasteiger partial charge in [0.1, 0.15) is 0 Å². The van der Waals surface area contributed by atoms with Gasteiger partial charge in [0.05, 0.1) is 5.60 Å². The highest BCUT2D eigenvalue weighted by molar-refractivity contribution is 7.10. The highest BCUT2D eigenvalue weighted by Crippen LogP contribution is 2.46. The summed E-state index contributed by atoms with van der Waals surface area (Å²) in [4.78, 5) is 1.29. The largest absolute Gasteiger partial charge is 0.385 e. The van der Waals surface area contributed by atoms with Crippen molar-refractivity contribution in [1.82, 2.24) is 0 Å². The van der Waals surface area contributed by atoms with E-state index in [-0.39, 0.29) is 0 Å². The van der Waals surface area contributed by atoms with Crippen LogP contribution in [0.4, 0.5) is 0 Å². The number of hydrogen-bond donors (Lipinski definition) is 1. The van der Waals surface area contributed by atoms with Crippen LogP contribution in [-0.2, 0) is 5.60 Å². The standard InChI is InChI=1S/C12H18OS/c1-3-10-5-4-7-12(10,13)11-6-8-14-9(11)2/h6,8,10,13H,3-5,7H2,1-2H3. The normalized spacial score (nSPS) is 32.4. The van der Waals surface area contributed by atoms with Crippen LogP contribution in [0, 0.1) is 12.8 Å². The maximum Gasteiger partial charge on any atom is 0.0935 e. The van der Waals surface area contributed by atoms with Gasteiger partial charge in [-0.2, -0.15) is 0 Å². The lowest BCUT2D eigenvalue weighted by atomic mass is 9.83. The van der Waals surface area contributed by atoms with Crippen LogP contribution in [0.3, 0.4) is 0 Å². The highest BCUT2D eigenvalue weighted by Gasteiger charge is 2.42. The predicted molar refractivity (Wildman–Crippen MR) is 60.6 cm³/mol. The van der Waals surface area contributed by atoms with E-state index in [1.807, 2.05) is 0 Å². The average Bonchev–Trinajstić information content (AvgIpc) is 2.72. The maximum atomic E-state index is 10.7. The Hall–Kier alpha value is -0.340. The first-order chi connectivity index (χ1) is 6.68. The van der Waals surface area contributed by atoms with Crippen molar-refractivity contribution in [2.24, 2.45) is 5.92 Å². The lowest BCUT2D eigenvalue weighted by molar-refractivity contribution is -0.00397. The molecule has 0 radical (unpaired) electrons. The first-order valence-corrected chi connectivity index (χ1v) is 6.33. The van der Waals surface area contributed by atoms with Gasteiger partial charge in [0, 0.05) is 4.88 Å². The van der Waals surface area contributed by atoms with E-state index in [1.165, 1.54) is 23.3 Å². The third-order valence-corrected chi connectivity index (χ3v) is 4.45. The molecule has 0 amide bonds. The third-order valence-electron chi connectivity index (χ3n) is 3.60. The van der Waals surface area contributed by atoms with E-state index < -0.39 is 5.60 Å². The van der Waals surface area contributed by atoms with Crippen molar-refractivity contribution in [2.75, 3.05) is 0 Å². The summed E-state index contributed by atoms with van der Waals surface area (Å²) in [5.74, 6) is 0.468. The Balaban J connectivity index is 2.36. The van der Waals surface area contributed by atoms with Crippen LogP contribution in [0.1, 0.15) is 43.0 Å². The summed E-state index contributed by atoms with van der Waals surface area (Å²) >= 11 is 1.74. The molecule has 0 bridgehead atoms. The minimum absolute atomic E-state index is 0.468. The van der Waals surface area contributed by atoms with E-state index >= 15 is 0 Å². The van der Waals surface area contributed by atoms with Gasteiger partial charge in [-0.15, -0.1) is 11.3 Å². The predicted octanol–water partition coefficient (Wildman–Crippen LogP) is 3.45. The molecule has 2 atom stereocenters. The minimum Gasteiger partial charge on any atom is -0.385 e. The van der Waals surface area contributed by atoms with Gasteiger partial charge in [-0.25, -0.2) is 0 Å². The van der Waals surface area contributed by atoms with Gasteiger partial charge in [0.25, 0.3) is 0 Å². The quantitative estimate of drug-likeness (QED) is 0.792. The van der Waals surface area contributed by atoms with E-state index in [0.29, 0.717) is 5.92 Å². The Morgan fingerprint density at radius 3 is 3.00 bits per heavy atom. The number of rotatable bonds is 2. The fraction of sp³-hybridized carbons (Fsp3) is 0.667. The Kier molecular flexibility index (Phi) is 2.67. The molecule has 1 aliphatic carbocycles. The van der Waals surface area contributed by atoms with E-state index in [9.17, 15) is 5.11 Å². The third kappa shape index (κ3) is 1.41. The molecule has 14 heavy (non-hydrogen) atoms. The monoisotopic (exact) mass is 210 g/mol. The fourth-order valence-corrected chi connectivity index (χ4v) is 3.57. The van der Waals surface area contributed by atoms with Gasteiger partial charge < -0.3 is 5.11 Å². The molecule has 2 heteroatoms. The number of aryl methyl sites for hydroxylation is 1. The lowest BCUT2D eigenvalue weighted by Gasteiger charge is -2.29. The summed E-state index contributed by atoms with van der Waals surface area (Å²) in [5, 5.41) is 12.8. The lowest BCUT2D eigenvalue weighted by Crippen LogP contribution is -2.29. The number of hydrogen-bond acceptors (Lipinski definition) is 2.